The molecule has 0 saturated carbocycles. The zero-order valence-electron chi connectivity index (χ0n) is 36.0. The molecule has 0 saturated heterocycles. The van der Waals surface area contributed by atoms with E-state index in [9.17, 15) is 28.8 Å². The molecular formula is C48H56O15. The number of carbonyl (C=O) groups excluding carboxylic acids is 6. The number of hydrogen-bond acceptors (Lipinski definition) is 15. The Morgan fingerprint density at radius 1 is 0.429 bits per heavy atom. The van der Waals surface area contributed by atoms with E-state index in [-0.39, 0.29) is 32.5 Å². The van der Waals surface area contributed by atoms with Gasteiger partial charge in [-0.25, -0.2) is 14.4 Å². The molecule has 0 atom stereocenters. The monoisotopic (exact) mass is 872 g/mol. The normalized spacial score (nSPS) is 11.5. The van der Waals surface area contributed by atoms with E-state index in [1.54, 1.807) is 91.0 Å². The van der Waals surface area contributed by atoms with Crippen LogP contribution in [0, 0.1) is 0 Å². The van der Waals surface area contributed by atoms with Gasteiger partial charge in [-0.3, -0.25) is 14.4 Å². The van der Waals surface area contributed by atoms with Gasteiger partial charge in [0.25, 0.3) is 0 Å². The SMILES string of the molecule is COC(=O)C=Cc1ccc(OCCCCC(=O)OCC(COC(=O)CCCCOc2ccc(C=CC(=O)OC)cc2)OC(=O)CCCCOc2ccc(C=CC(=O)OC)cc2)cc1. The van der Waals surface area contributed by atoms with Crippen LogP contribution in [0.1, 0.15) is 74.5 Å². The van der Waals surface area contributed by atoms with E-state index < -0.39 is 41.9 Å². The maximum atomic E-state index is 12.8. The topological polar surface area (TPSA) is 185 Å². The van der Waals surface area contributed by atoms with Gasteiger partial charge in [0.15, 0.2) is 6.10 Å². The lowest BCUT2D eigenvalue weighted by molar-refractivity contribution is -0.167. The van der Waals surface area contributed by atoms with Crippen LogP contribution in [-0.4, -0.2) is 96.3 Å². The number of esters is 6. The molecule has 63 heavy (non-hydrogen) atoms. The number of hydrogen-bond donors (Lipinski definition) is 0. The second-order valence-electron chi connectivity index (χ2n) is 13.7. The Kier molecular flexibility index (Phi) is 24.2. The average molecular weight is 873 g/mol. The Labute approximate surface area is 367 Å². The summed E-state index contributed by atoms with van der Waals surface area (Å²) in [6.07, 6.45) is 11.3. The molecule has 0 fully saturated rings. The molecule has 0 spiro atoms. The first-order chi connectivity index (χ1) is 30.6. The van der Waals surface area contributed by atoms with Gasteiger partial charge in [-0.05, 0) is 110 Å². The predicted molar refractivity (Wildman–Crippen MR) is 232 cm³/mol. The molecule has 3 aromatic carbocycles. The first kappa shape index (κ1) is 50.5. The molecule has 0 bridgehead atoms. The van der Waals surface area contributed by atoms with Crippen molar-refractivity contribution in [2.24, 2.45) is 0 Å². The van der Waals surface area contributed by atoms with E-state index in [2.05, 4.69) is 14.2 Å². The molecule has 0 N–H and O–H groups in total. The molecule has 15 heteroatoms. The van der Waals surface area contributed by atoms with Gasteiger partial charge in [0.1, 0.15) is 30.5 Å². The lowest BCUT2D eigenvalue weighted by Crippen LogP contribution is -2.31. The number of benzene rings is 3. The Morgan fingerprint density at radius 2 is 0.730 bits per heavy atom. The molecule has 3 aromatic rings. The van der Waals surface area contributed by atoms with Gasteiger partial charge >= 0.3 is 35.8 Å². The quantitative estimate of drug-likeness (QED) is 0.0293. The summed E-state index contributed by atoms with van der Waals surface area (Å²) in [6.45, 7) is 0.508. The van der Waals surface area contributed by atoms with Crippen LogP contribution in [0.4, 0.5) is 0 Å². The van der Waals surface area contributed by atoms with Crippen LogP contribution in [0.15, 0.2) is 91.0 Å². The van der Waals surface area contributed by atoms with Gasteiger partial charge in [-0.15, -0.1) is 0 Å². The molecule has 0 unspecified atom stereocenters. The Morgan fingerprint density at radius 3 is 1.03 bits per heavy atom. The molecule has 0 radical (unpaired) electrons. The molecule has 0 aliphatic carbocycles. The molecular weight excluding hydrogens is 817 g/mol. The summed E-state index contributed by atoms with van der Waals surface area (Å²) in [4.78, 5) is 71.8. The van der Waals surface area contributed by atoms with Crippen molar-refractivity contribution in [1.29, 1.82) is 0 Å². The third-order valence-corrected chi connectivity index (χ3v) is 8.77. The number of rotatable bonds is 29. The van der Waals surface area contributed by atoms with E-state index >= 15 is 0 Å². The van der Waals surface area contributed by atoms with Crippen LogP contribution in [0.2, 0.25) is 0 Å². The summed E-state index contributed by atoms with van der Waals surface area (Å²) in [5.74, 6) is -0.975. The highest BCUT2D eigenvalue weighted by Crippen LogP contribution is 2.17. The first-order valence-electron chi connectivity index (χ1n) is 20.5. The van der Waals surface area contributed by atoms with Crippen molar-refractivity contribution in [3.63, 3.8) is 0 Å². The molecule has 15 nitrogen and oxygen atoms in total. The Bertz CT molecular complexity index is 1850. The van der Waals surface area contributed by atoms with Crippen molar-refractivity contribution in [2.75, 3.05) is 54.4 Å². The highest BCUT2D eigenvalue weighted by Gasteiger charge is 2.20. The van der Waals surface area contributed by atoms with E-state index in [1.807, 2.05) is 0 Å². The third kappa shape index (κ3) is 23.0. The van der Waals surface area contributed by atoms with E-state index in [0.29, 0.717) is 75.6 Å². The third-order valence-electron chi connectivity index (χ3n) is 8.77. The smallest absolute Gasteiger partial charge is 0.330 e. The summed E-state index contributed by atoms with van der Waals surface area (Å²) in [7, 11) is 3.92. The van der Waals surface area contributed by atoms with Crippen LogP contribution >= 0.6 is 0 Å². The predicted octanol–water partition coefficient (Wildman–Crippen LogP) is 7.29. The highest BCUT2D eigenvalue weighted by molar-refractivity contribution is 5.88. The van der Waals surface area contributed by atoms with Crippen molar-refractivity contribution in [1.82, 2.24) is 0 Å². The van der Waals surface area contributed by atoms with Crippen molar-refractivity contribution >= 4 is 54.0 Å². The molecule has 0 amide bonds. The molecule has 3 rings (SSSR count). The fourth-order valence-electron chi connectivity index (χ4n) is 5.28. The molecule has 338 valence electrons. The summed E-state index contributed by atoms with van der Waals surface area (Å²) in [5.41, 5.74) is 2.42. The van der Waals surface area contributed by atoms with Crippen LogP contribution in [0.5, 0.6) is 17.2 Å². The van der Waals surface area contributed by atoms with Gasteiger partial charge in [0.2, 0.25) is 0 Å². The largest absolute Gasteiger partial charge is 0.494 e. The van der Waals surface area contributed by atoms with Crippen LogP contribution in [0.25, 0.3) is 18.2 Å². The Balaban J connectivity index is 1.39. The summed E-state index contributed by atoms with van der Waals surface area (Å²) in [5, 5.41) is 0. The first-order valence-corrected chi connectivity index (χ1v) is 20.5. The molecule has 0 aromatic heterocycles. The number of unbranched alkanes of at least 4 members (excludes halogenated alkanes) is 3. The maximum absolute atomic E-state index is 12.8. The van der Waals surface area contributed by atoms with E-state index in [1.165, 1.54) is 39.6 Å². The maximum Gasteiger partial charge on any atom is 0.330 e. The van der Waals surface area contributed by atoms with Crippen LogP contribution in [-0.2, 0) is 57.2 Å². The standard InChI is InChI=1S/C48H56O15/c1-55-43(49)28-19-36-13-22-39(23-14-36)58-31-7-4-10-46(52)61-34-42(63-48(54)12-6-9-33-60-41-26-17-38(18-27-41)21-30-45(51)57-3)35-62-47(53)11-5-8-32-59-40-24-15-37(16-25-40)20-29-44(50)56-2/h13-30,42H,4-12,31-35H2,1-3H3. The van der Waals surface area contributed by atoms with E-state index in [0.717, 1.165) is 16.7 Å². The molecule has 0 aliphatic rings. The minimum absolute atomic E-state index is 0.0683. The minimum Gasteiger partial charge on any atom is -0.494 e. The summed E-state index contributed by atoms with van der Waals surface area (Å²) >= 11 is 0. The van der Waals surface area contributed by atoms with Crippen molar-refractivity contribution in [3.05, 3.63) is 108 Å². The number of methoxy groups -OCH3 is 3. The van der Waals surface area contributed by atoms with Gasteiger partial charge in [-0.1, -0.05) is 36.4 Å². The second kappa shape index (κ2) is 30.2. The van der Waals surface area contributed by atoms with Gasteiger partial charge < -0.3 is 42.6 Å². The average Bonchev–Trinajstić information content (AvgIpc) is 3.30. The lowest BCUT2D eigenvalue weighted by atomic mass is 10.2. The minimum atomic E-state index is -1.00. The Hall–Kier alpha value is -6.90. The molecule has 0 heterocycles. The van der Waals surface area contributed by atoms with Gasteiger partial charge in [0.05, 0.1) is 41.2 Å². The lowest BCUT2D eigenvalue weighted by Gasteiger charge is -2.18. The second-order valence-corrected chi connectivity index (χ2v) is 13.7. The zero-order chi connectivity index (χ0) is 45.5. The van der Waals surface area contributed by atoms with Gasteiger partial charge in [0, 0.05) is 37.5 Å². The van der Waals surface area contributed by atoms with Crippen LogP contribution < -0.4 is 14.2 Å². The van der Waals surface area contributed by atoms with Crippen molar-refractivity contribution < 1.29 is 71.4 Å². The fourth-order valence-corrected chi connectivity index (χ4v) is 5.28. The van der Waals surface area contributed by atoms with Crippen LogP contribution in [0.3, 0.4) is 0 Å². The summed E-state index contributed by atoms with van der Waals surface area (Å²) in [6, 6.07) is 21.4. The van der Waals surface area contributed by atoms with Crippen molar-refractivity contribution in [2.45, 2.75) is 63.9 Å². The van der Waals surface area contributed by atoms with Crippen molar-refractivity contribution in [3.8, 4) is 17.2 Å². The summed E-state index contributed by atoms with van der Waals surface area (Å²) < 4.78 is 47.4. The number of ether oxygens (including phenoxy) is 9. The highest BCUT2D eigenvalue weighted by atomic mass is 16.6. The molecule has 0 aliphatic heterocycles. The fraction of sp³-hybridized carbons (Fsp3) is 0.375. The van der Waals surface area contributed by atoms with E-state index in [4.69, 9.17) is 28.4 Å². The zero-order valence-corrected chi connectivity index (χ0v) is 36.0. The number of carbonyl (C=O) groups is 6. The van der Waals surface area contributed by atoms with Gasteiger partial charge in [-0.2, -0.15) is 0 Å².